The predicted octanol–water partition coefficient (Wildman–Crippen LogP) is 3.41. The van der Waals surface area contributed by atoms with Crippen LogP contribution in [0, 0.1) is 12.8 Å². The SMILES string of the molecule is Cc1cccc(C(=O)NCC(C)CBr)c1Cl. The third-order valence-electron chi connectivity index (χ3n) is 2.31. The highest BCUT2D eigenvalue weighted by Crippen LogP contribution is 2.20. The normalized spacial score (nSPS) is 12.2. The lowest BCUT2D eigenvalue weighted by Gasteiger charge is -2.11. The second-order valence-electron chi connectivity index (χ2n) is 3.91. The predicted molar refractivity (Wildman–Crippen MR) is 71.5 cm³/mol. The van der Waals surface area contributed by atoms with Gasteiger partial charge in [-0.05, 0) is 24.5 Å². The molecule has 0 spiro atoms. The van der Waals surface area contributed by atoms with Crippen LogP contribution in [-0.2, 0) is 0 Å². The number of alkyl halides is 1. The molecule has 0 radical (unpaired) electrons. The van der Waals surface area contributed by atoms with Crippen LogP contribution < -0.4 is 5.32 Å². The average molecular weight is 305 g/mol. The summed E-state index contributed by atoms with van der Waals surface area (Å²) in [5, 5.41) is 4.27. The number of carbonyl (C=O) groups excluding carboxylic acids is 1. The lowest BCUT2D eigenvalue weighted by Crippen LogP contribution is -2.29. The Kier molecular flexibility index (Phi) is 5.29. The zero-order chi connectivity index (χ0) is 12.1. The van der Waals surface area contributed by atoms with Crippen molar-refractivity contribution in [3.8, 4) is 0 Å². The fourth-order valence-electron chi connectivity index (χ4n) is 1.24. The van der Waals surface area contributed by atoms with E-state index in [1.54, 1.807) is 6.07 Å². The topological polar surface area (TPSA) is 29.1 Å². The summed E-state index contributed by atoms with van der Waals surface area (Å²) in [5.41, 5.74) is 1.46. The molecule has 0 aliphatic carbocycles. The van der Waals surface area contributed by atoms with Gasteiger partial charge in [0.1, 0.15) is 0 Å². The summed E-state index contributed by atoms with van der Waals surface area (Å²) in [7, 11) is 0. The van der Waals surface area contributed by atoms with Crippen molar-refractivity contribution < 1.29 is 4.79 Å². The number of benzene rings is 1. The minimum atomic E-state index is -0.110. The van der Waals surface area contributed by atoms with Gasteiger partial charge in [-0.15, -0.1) is 0 Å². The molecule has 1 amide bonds. The molecule has 1 aromatic rings. The van der Waals surface area contributed by atoms with E-state index in [4.69, 9.17) is 11.6 Å². The molecule has 1 unspecified atom stereocenters. The molecule has 2 nitrogen and oxygen atoms in total. The molecule has 0 aliphatic heterocycles. The Morgan fingerprint density at radius 3 is 2.88 bits per heavy atom. The molecular formula is C12H15BrClNO. The number of nitrogens with one attached hydrogen (secondary N) is 1. The maximum atomic E-state index is 11.8. The van der Waals surface area contributed by atoms with Gasteiger partial charge in [-0.25, -0.2) is 0 Å². The molecule has 0 heterocycles. The maximum absolute atomic E-state index is 11.8. The van der Waals surface area contributed by atoms with Crippen LogP contribution in [0.1, 0.15) is 22.8 Å². The van der Waals surface area contributed by atoms with Crippen LogP contribution in [0.15, 0.2) is 18.2 Å². The Labute approximate surface area is 110 Å². The van der Waals surface area contributed by atoms with Crippen LogP contribution in [-0.4, -0.2) is 17.8 Å². The van der Waals surface area contributed by atoms with E-state index in [0.29, 0.717) is 23.0 Å². The molecule has 0 saturated carbocycles. The van der Waals surface area contributed by atoms with Gasteiger partial charge in [0.25, 0.3) is 5.91 Å². The standard InChI is InChI=1S/C12H15BrClNO/c1-8(6-13)7-15-12(16)10-5-3-4-9(2)11(10)14/h3-5,8H,6-7H2,1-2H3,(H,15,16). The van der Waals surface area contributed by atoms with Crippen molar-refractivity contribution in [1.29, 1.82) is 0 Å². The molecular weight excluding hydrogens is 289 g/mol. The van der Waals surface area contributed by atoms with Gasteiger partial charge in [0, 0.05) is 11.9 Å². The quantitative estimate of drug-likeness (QED) is 0.849. The van der Waals surface area contributed by atoms with Gasteiger partial charge in [0.15, 0.2) is 0 Å². The Bertz CT molecular complexity index is 381. The number of hydrogen-bond acceptors (Lipinski definition) is 1. The van der Waals surface area contributed by atoms with Crippen LogP contribution in [0.2, 0.25) is 5.02 Å². The van der Waals surface area contributed by atoms with Crippen molar-refractivity contribution in [2.24, 2.45) is 5.92 Å². The zero-order valence-electron chi connectivity index (χ0n) is 9.39. The molecule has 88 valence electrons. The maximum Gasteiger partial charge on any atom is 0.252 e. The molecule has 1 N–H and O–H groups in total. The number of aryl methyl sites for hydroxylation is 1. The second kappa shape index (κ2) is 6.26. The molecule has 0 bridgehead atoms. The molecule has 0 fully saturated rings. The molecule has 1 aromatic carbocycles. The first-order valence-electron chi connectivity index (χ1n) is 5.15. The van der Waals surface area contributed by atoms with Crippen molar-refractivity contribution >= 4 is 33.4 Å². The van der Waals surface area contributed by atoms with Crippen molar-refractivity contribution in [2.45, 2.75) is 13.8 Å². The molecule has 1 atom stereocenters. The second-order valence-corrected chi connectivity index (χ2v) is 4.93. The van der Waals surface area contributed by atoms with Gasteiger partial charge in [-0.3, -0.25) is 4.79 Å². The number of hydrogen-bond donors (Lipinski definition) is 1. The number of carbonyl (C=O) groups is 1. The van der Waals surface area contributed by atoms with Gasteiger partial charge >= 0.3 is 0 Å². The first-order chi connectivity index (χ1) is 7.56. The first kappa shape index (κ1) is 13.5. The average Bonchev–Trinajstić information content (AvgIpc) is 2.29. The minimum absolute atomic E-state index is 0.110. The number of amides is 1. The van der Waals surface area contributed by atoms with E-state index < -0.39 is 0 Å². The Balaban J connectivity index is 2.70. The largest absolute Gasteiger partial charge is 0.352 e. The summed E-state index contributed by atoms with van der Waals surface area (Å²) in [6.07, 6.45) is 0. The van der Waals surface area contributed by atoms with Crippen LogP contribution in [0.5, 0.6) is 0 Å². The van der Waals surface area contributed by atoms with E-state index >= 15 is 0 Å². The van der Waals surface area contributed by atoms with Crippen LogP contribution in [0.25, 0.3) is 0 Å². The van der Waals surface area contributed by atoms with E-state index in [-0.39, 0.29) is 5.91 Å². The van der Waals surface area contributed by atoms with E-state index in [2.05, 4.69) is 28.2 Å². The molecule has 4 heteroatoms. The van der Waals surface area contributed by atoms with E-state index in [9.17, 15) is 4.79 Å². The lowest BCUT2D eigenvalue weighted by molar-refractivity contribution is 0.0949. The Morgan fingerprint density at radius 1 is 1.56 bits per heavy atom. The molecule has 0 aliphatic rings. The van der Waals surface area contributed by atoms with Crippen LogP contribution in [0.4, 0.5) is 0 Å². The summed E-state index contributed by atoms with van der Waals surface area (Å²) in [6, 6.07) is 5.47. The number of rotatable bonds is 4. The van der Waals surface area contributed by atoms with E-state index in [1.165, 1.54) is 0 Å². The van der Waals surface area contributed by atoms with Gasteiger partial charge in [-0.1, -0.05) is 46.6 Å². The molecule has 16 heavy (non-hydrogen) atoms. The third kappa shape index (κ3) is 3.49. The fraction of sp³-hybridized carbons (Fsp3) is 0.417. The Morgan fingerprint density at radius 2 is 2.25 bits per heavy atom. The van der Waals surface area contributed by atoms with E-state index in [0.717, 1.165) is 10.9 Å². The highest BCUT2D eigenvalue weighted by Gasteiger charge is 2.11. The first-order valence-corrected chi connectivity index (χ1v) is 6.65. The highest BCUT2D eigenvalue weighted by atomic mass is 79.9. The smallest absolute Gasteiger partial charge is 0.252 e. The summed E-state index contributed by atoms with van der Waals surface area (Å²) in [4.78, 5) is 11.8. The van der Waals surface area contributed by atoms with Gasteiger partial charge < -0.3 is 5.32 Å². The number of halogens is 2. The van der Waals surface area contributed by atoms with Crippen LogP contribution in [0.3, 0.4) is 0 Å². The lowest BCUT2D eigenvalue weighted by atomic mass is 10.1. The minimum Gasteiger partial charge on any atom is -0.352 e. The van der Waals surface area contributed by atoms with Crippen molar-refractivity contribution in [1.82, 2.24) is 5.32 Å². The molecule has 1 rings (SSSR count). The summed E-state index contributed by atoms with van der Waals surface area (Å²) < 4.78 is 0. The molecule has 0 saturated heterocycles. The summed E-state index contributed by atoms with van der Waals surface area (Å²) in [6.45, 7) is 4.60. The zero-order valence-corrected chi connectivity index (χ0v) is 11.7. The van der Waals surface area contributed by atoms with Gasteiger partial charge in [0.05, 0.1) is 10.6 Å². The fourth-order valence-corrected chi connectivity index (χ4v) is 1.68. The third-order valence-corrected chi connectivity index (χ3v) is 3.92. The molecule has 0 aromatic heterocycles. The monoisotopic (exact) mass is 303 g/mol. The van der Waals surface area contributed by atoms with Crippen molar-refractivity contribution in [2.75, 3.05) is 11.9 Å². The van der Waals surface area contributed by atoms with Crippen molar-refractivity contribution in [3.05, 3.63) is 34.3 Å². The van der Waals surface area contributed by atoms with Crippen LogP contribution >= 0.6 is 27.5 Å². The van der Waals surface area contributed by atoms with Gasteiger partial charge in [0.2, 0.25) is 0 Å². The highest BCUT2D eigenvalue weighted by molar-refractivity contribution is 9.09. The summed E-state index contributed by atoms with van der Waals surface area (Å²) >= 11 is 9.44. The van der Waals surface area contributed by atoms with Crippen molar-refractivity contribution in [3.63, 3.8) is 0 Å². The van der Waals surface area contributed by atoms with Gasteiger partial charge in [-0.2, -0.15) is 0 Å². The van der Waals surface area contributed by atoms with E-state index in [1.807, 2.05) is 19.1 Å². The Hall–Kier alpha value is -0.540. The summed E-state index contributed by atoms with van der Waals surface area (Å²) in [5.74, 6) is 0.300.